The molecule has 1 aliphatic heterocycles. The zero-order valence-electron chi connectivity index (χ0n) is 15.4. The molecule has 1 heterocycles. The number of carbonyl (C=O) groups is 3. The third-order valence-corrected chi connectivity index (χ3v) is 4.34. The van der Waals surface area contributed by atoms with Crippen molar-refractivity contribution in [2.24, 2.45) is 0 Å². The lowest BCUT2D eigenvalue weighted by atomic mass is 10.1. The SMILES string of the molecule is COc1ccc(C(=O)OCC(=O)N2c3ccccc3NC(=O)C[C@H]2C)cc1F. The van der Waals surface area contributed by atoms with E-state index in [4.69, 9.17) is 9.47 Å². The second kappa shape index (κ2) is 8.08. The van der Waals surface area contributed by atoms with Crippen molar-refractivity contribution in [1.29, 1.82) is 0 Å². The number of hydrogen-bond donors (Lipinski definition) is 1. The molecular weight excluding hydrogens is 367 g/mol. The van der Waals surface area contributed by atoms with Crippen LogP contribution in [0.15, 0.2) is 42.5 Å². The van der Waals surface area contributed by atoms with Gasteiger partial charge in [-0.05, 0) is 37.3 Å². The van der Waals surface area contributed by atoms with E-state index in [1.807, 2.05) is 0 Å². The van der Waals surface area contributed by atoms with E-state index in [0.717, 1.165) is 6.07 Å². The standard InChI is InChI=1S/C20H19FN2O5/c1-12-9-18(24)22-15-5-3-4-6-16(15)23(12)19(25)11-28-20(26)13-7-8-17(27-2)14(21)10-13/h3-8,10,12H,9,11H2,1-2H3,(H,22,24)/t12-/m1/s1. The Hall–Kier alpha value is -3.42. The average Bonchev–Trinajstić information content (AvgIpc) is 2.79. The van der Waals surface area contributed by atoms with Gasteiger partial charge in [-0.25, -0.2) is 9.18 Å². The van der Waals surface area contributed by atoms with Crippen LogP contribution in [-0.2, 0) is 14.3 Å². The van der Waals surface area contributed by atoms with E-state index < -0.39 is 30.3 Å². The maximum Gasteiger partial charge on any atom is 0.338 e. The van der Waals surface area contributed by atoms with Gasteiger partial charge in [0.05, 0.1) is 24.0 Å². The summed E-state index contributed by atoms with van der Waals surface area (Å²) in [5.41, 5.74) is 0.999. The van der Waals surface area contributed by atoms with Crippen molar-refractivity contribution in [3.63, 3.8) is 0 Å². The molecular formula is C20H19FN2O5. The molecule has 1 atom stereocenters. The summed E-state index contributed by atoms with van der Waals surface area (Å²) in [6.07, 6.45) is 0.109. The van der Waals surface area contributed by atoms with Crippen molar-refractivity contribution in [2.45, 2.75) is 19.4 Å². The first-order valence-electron chi connectivity index (χ1n) is 8.62. The van der Waals surface area contributed by atoms with Crippen LogP contribution in [-0.4, -0.2) is 37.5 Å². The predicted octanol–water partition coefficient (Wildman–Crippen LogP) is 2.76. The van der Waals surface area contributed by atoms with Gasteiger partial charge in [-0.1, -0.05) is 12.1 Å². The number of ether oxygens (including phenoxy) is 2. The number of halogens is 1. The lowest BCUT2D eigenvalue weighted by Crippen LogP contribution is -2.41. The molecule has 1 N–H and O–H groups in total. The van der Waals surface area contributed by atoms with Crippen LogP contribution < -0.4 is 15.0 Å². The molecule has 8 heteroatoms. The highest BCUT2D eigenvalue weighted by Crippen LogP contribution is 2.31. The fourth-order valence-electron chi connectivity index (χ4n) is 3.04. The van der Waals surface area contributed by atoms with E-state index in [2.05, 4.69) is 5.32 Å². The molecule has 1 aliphatic rings. The summed E-state index contributed by atoms with van der Waals surface area (Å²) in [5, 5.41) is 2.75. The van der Waals surface area contributed by atoms with E-state index in [1.165, 1.54) is 24.1 Å². The largest absolute Gasteiger partial charge is 0.494 e. The maximum atomic E-state index is 13.8. The molecule has 0 unspecified atom stereocenters. The Kier molecular flexibility index (Phi) is 5.58. The number of esters is 1. The number of anilines is 2. The van der Waals surface area contributed by atoms with Gasteiger partial charge in [-0.2, -0.15) is 0 Å². The van der Waals surface area contributed by atoms with Crippen molar-refractivity contribution in [3.8, 4) is 5.75 Å². The van der Waals surface area contributed by atoms with E-state index in [1.54, 1.807) is 31.2 Å². The van der Waals surface area contributed by atoms with Crippen LogP contribution in [0.4, 0.5) is 15.8 Å². The van der Waals surface area contributed by atoms with Gasteiger partial charge in [0.1, 0.15) is 0 Å². The second-order valence-electron chi connectivity index (χ2n) is 6.31. The quantitative estimate of drug-likeness (QED) is 0.817. The van der Waals surface area contributed by atoms with Gasteiger partial charge >= 0.3 is 5.97 Å². The molecule has 0 fully saturated rings. The fourth-order valence-corrected chi connectivity index (χ4v) is 3.04. The summed E-state index contributed by atoms with van der Waals surface area (Å²) in [5.74, 6) is -2.23. The van der Waals surface area contributed by atoms with E-state index in [-0.39, 0.29) is 23.6 Å². The van der Waals surface area contributed by atoms with Crippen LogP contribution in [0.2, 0.25) is 0 Å². The normalized spacial score (nSPS) is 15.9. The zero-order chi connectivity index (χ0) is 20.3. The number of nitrogens with one attached hydrogen (secondary N) is 1. The number of para-hydroxylation sites is 2. The average molecular weight is 386 g/mol. The number of nitrogens with zero attached hydrogens (tertiary/aromatic N) is 1. The summed E-state index contributed by atoms with van der Waals surface area (Å²) in [4.78, 5) is 38.3. The minimum atomic E-state index is -0.833. The van der Waals surface area contributed by atoms with Gasteiger partial charge in [0.15, 0.2) is 18.2 Å². The Balaban J connectivity index is 1.74. The minimum absolute atomic E-state index is 0.000193. The number of rotatable bonds is 4. The van der Waals surface area contributed by atoms with Crippen molar-refractivity contribution in [2.75, 3.05) is 23.9 Å². The number of benzene rings is 2. The molecule has 146 valence electrons. The van der Waals surface area contributed by atoms with Crippen molar-refractivity contribution < 1.29 is 28.2 Å². The summed E-state index contributed by atoms with van der Waals surface area (Å²) in [6, 6.07) is 10.1. The third kappa shape index (κ3) is 3.95. The monoisotopic (exact) mass is 386 g/mol. The number of methoxy groups -OCH3 is 1. The predicted molar refractivity (Wildman–Crippen MR) is 99.9 cm³/mol. The first-order valence-corrected chi connectivity index (χ1v) is 8.62. The molecule has 0 aromatic heterocycles. The molecule has 2 amide bonds. The van der Waals surface area contributed by atoms with Gasteiger partial charge in [0.25, 0.3) is 5.91 Å². The van der Waals surface area contributed by atoms with Crippen molar-refractivity contribution >= 4 is 29.2 Å². The number of carbonyl (C=O) groups excluding carboxylic acids is 3. The minimum Gasteiger partial charge on any atom is -0.494 e. The number of fused-ring (bicyclic) bond motifs is 1. The zero-order valence-corrected chi connectivity index (χ0v) is 15.4. The molecule has 28 heavy (non-hydrogen) atoms. The Morgan fingerprint density at radius 1 is 1.25 bits per heavy atom. The Morgan fingerprint density at radius 2 is 2.00 bits per heavy atom. The highest BCUT2D eigenvalue weighted by Gasteiger charge is 2.30. The topological polar surface area (TPSA) is 84.9 Å². The van der Waals surface area contributed by atoms with Gasteiger partial charge in [0.2, 0.25) is 5.91 Å². The van der Waals surface area contributed by atoms with Crippen LogP contribution in [0.3, 0.4) is 0 Å². The summed E-state index contributed by atoms with van der Waals surface area (Å²) >= 11 is 0. The lowest BCUT2D eigenvalue weighted by molar-refractivity contribution is -0.122. The maximum absolute atomic E-state index is 13.8. The van der Waals surface area contributed by atoms with Crippen molar-refractivity contribution in [3.05, 3.63) is 53.8 Å². The van der Waals surface area contributed by atoms with Crippen LogP contribution in [0.5, 0.6) is 5.75 Å². The van der Waals surface area contributed by atoms with E-state index in [0.29, 0.717) is 11.4 Å². The van der Waals surface area contributed by atoms with Gasteiger partial charge < -0.3 is 19.7 Å². The molecule has 0 spiro atoms. The molecule has 2 aromatic carbocycles. The molecule has 0 saturated carbocycles. The summed E-state index contributed by atoms with van der Waals surface area (Å²) in [7, 11) is 1.31. The lowest BCUT2D eigenvalue weighted by Gasteiger charge is -2.27. The third-order valence-electron chi connectivity index (χ3n) is 4.34. The summed E-state index contributed by atoms with van der Waals surface area (Å²) in [6.45, 7) is 1.19. The second-order valence-corrected chi connectivity index (χ2v) is 6.31. The Morgan fingerprint density at radius 3 is 2.71 bits per heavy atom. The van der Waals surface area contributed by atoms with Crippen LogP contribution >= 0.6 is 0 Å². The molecule has 2 aromatic rings. The van der Waals surface area contributed by atoms with Crippen LogP contribution in [0.1, 0.15) is 23.7 Å². The fraction of sp³-hybridized carbons (Fsp3) is 0.250. The van der Waals surface area contributed by atoms with Crippen LogP contribution in [0.25, 0.3) is 0 Å². The molecule has 0 radical (unpaired) electrons. The van der Waals surface area contributed by atoms with Gasteiger partial charge in [0, 0.05) is 12.5 Å². The van der Waals surface area contributed by atoms with Gasteiger partial charge in [-0.3, -0.25) is 9.59 Å². The first kappa shape index (κ1) is 19.3. The number of hydrogen-bond acceptors (Lipinski definition) is 5. The molecule has 0 saturated heterocycles. The highest BCUT2D eigenvalue weighted by atomic mass is 19.1. The van der Waals surface area contributed by atoms with Crippen LogP contribution in [0, 0.1) is 5.82 Å². The smallest absolute Gasteiger partial charge is 0.338 e. The molecule has 7 nitrogen and oxygen atoms in total. The van der Waals surface area contributed by atoms with Crippen molar-refractivity contribution in [1.82, 2.24) is 0 Å². The summed E-state index contributed by atoms with van der Waals surface area (Å²) < 4.78 is 23.6. The molecule has 0 aliphatic carbocycles. The first-order chi connectivity index (χ1) is 13.4. The molecule has 3 rings (SSSR count). The Bertz CT molecular complexity index is 931. The Labute approximate surface area is 161 Å². The molecule has 0 bridgehead atoms. The number of amides is 2. The van der Waals surface area contributed by atoms with E-state index >= 15 is 0 Å². The van der Waals surface area contributed by atoms with Gasteiger partial charge in [-0.15, -0.1) is 0 Å². The van der Waals surface area contributed by atoms with E-state index in [9.17, 15) is 18.8 Å². The highest BCUT2D eigenvalue weighted by molar-refractivity contribution is 6.05.